The van der Waals surface area contributed by atoms with Crippen molar-refractivity contribution in [2.45, 2.75) is 31.7 Å². The first-order valence-electron chi connectivity index (χ1n) is 8.16. The summed E-state index contributed by atoms with van der Waals surface area (Å²) in [4.78, 5) is 3.64. The smallest absolute Gasteiger partial charge is 0.0941 e. The molecule has 128 valence electrons. The van der Waals surface area contributed by atoms with Crippen LogP contribution in [0.3, 0.4) is 0 Å². The highest BCUT2D eigenvalue weighted by Crippen LogP contribution is 2.31. The van der Waals surface area contributed by atoms with Crippen molar-refractivity contribution in [3.8, 4) is 0 Å². The van der Waals surface area contributed by atoms with Gasteiger partial charge in [0.25, 0.3) is 0 Å². The molecule has 0 aromatic heterocycles. The van der Waals surface area contributed by atoms with Crippen molar-refractivity contribution in [1.82, 2.24) is 10.2 Å². The van der Waals surface area contributed by atoms with Gasteiger partial charge in [0, 0.05) is 18.5 Å². The molecule has 1 aromatic carbocycles. The average Bonchev–Trinajstić information content (AvgIpc) is 3.10. The molecule has 1 saturated heterocycles. The highest BCUT2D eigenvalue weighted by molar-refractivity contribution is 8.03. The molecular formula is C19H30N2S2. The van der Waals surface area contributed by atoms with E-state index in [1.54, 1.807) is 6.26 Å². The summed E-state index contributed by atoms with van der Waals surface area (Å²) in [6, 6.07) is 11.2. The fourth-order valence-corrected chi connectivity index (χ4v) is 3.78. The van der Waals surface area contributed by atoms with E-state index in [4.69, 9.17) is 0 Å². The van der Waals surface area contributed by atoms with Gasteiger partial charge in [0.15, 0.2) is 0 Å². The molecule has 2 nitrogen and oxygen atoms in total. The van der Waals surface area contributed by atoms with E-state index < -0.39 is 0 Å². The molecule has 1 aliphatic rings. The van der Waals surface area contributed by atoms with Gasteiger partial charge in [0.2, 0.25) is 0 Å². The maximum absolute atomic E-state index is 4.30. The fraction of sp³-hybridized carbons (Fsp3) is 0.474. The molecule has 1 unspecified atom stereocenters. The molecule has 0 spiro atoms. The summed E-state index contributed by atoms with van der Waals surface area (Å²) < 4.78 is 0. The van der Waals surface area contributed by atoms with Crippen LogP contribution in [0, 0.1) is 0 Å². The lowest BCUT2D eigenvalue weighted by molar-refractivity contribution is 0.344. The van der Waals surface area contributed by atoms with Crippen LogP contribution in [-0.4, -0.2) is 36.5 Å². The molecule has 0 aliphatic carbocycles. The van der Waals surface area contributed by atoms with Crippen molar-refractivity contribution in [2.75, 3.05) is 25.6 Å². The Labute approximate surface area is 151 Å². The quantitative estimate of drug-likeness (QED) is 0.528. The van der Waals surface area contributed by atoms with Gasteiger partial charge >= 0.3 is 0 Å². The lowest BCUT2D eigenvalue weighted by Gasteiger charge is -2.29. The number of rotatable bonds is 8. The summed E-state index contributed by atoms with van der Waals surface area (Å²) in [6.07, 6.45) is 6.48. The number of hydrogen-bond acceptors (Lipinski definition) is 4. The maximum atomic E-state index is 4.30. The summed E-state index contributed by atoms with van der Waals surface area (Å²) in [7, 11) is 1.94. The molecule has 4 heteroatoms. The van der Waals surface area contributed by atoms with Gasteiger partial charge in [0.05, 0.1) is 11.9 Å². The molecule has 23 heavy (non-hydrogen) atoms. The van der Waals surface area contributed by atoms with E-state index in [-0.39, 0.29) is 0 Å². The van der Waals surface area contributed by atoms with Crippen molar-refractivity contribution >= 4 is 24.4 Å². The van der Waals surface area contributed by atoms with Crippen LogP contribution < -0.4 is 5.32 Å². The van der Waals surface area contributed by atoms with Crippen LogP contribution in [0.4, 0.5) is 0 Å². The Hall–Kier alpha value is -1.000. The Morgan fingerprint density at radius 1 is 1.30 bits per heavy atom. The lowest BCUT2D eigenvalue weighted by Crippen LogP contribution is -2.34. The third-order valence-electron chi connectivity index (χ3n) is 4.00. The van der Waals surface area contributed by atoms with Crippen LogP contribution in [0.5, 0.6) is 0 Å². The largest absolute Gasteiger partial charge is 0.375 e. The summed E-state index contributed by atoms with van der Waals surface area (Å²) in [6.45, 7) is 9.48. The molecule has 1 aromatic rings. The number of aryl methyl sites for hydroxylation is 1. The highest BCUT2D eigenvalue weighted by atomic mass is 32.2. The number of likely N-dealkylation sites (tertiary alicyclic amines) is 1. The third-order valence-corrected chi connectivity index (χ3v) is 5.14. The van der Waals surface area contributed by atoms with Gasteiger partial charge in [-0.2, -0.15) is 12.6 Å². The summed E-state index contributed by atoms with van der Waals surface area (Å²) in [5.74, 6) is 2.16. The van der Waals surface area contributed by atoms with Crippen molar-refractivity contribution < 1.29 is 0 Å². The summed E-state index contributed by atoms with van der Waals surface area (Å²) >= 11 is 5.45. The number of thioether (sulfide) groups is 1. The second kappa shape index (κ2) is 11.5. The predicted molar refractivity (Wildman–Crippen MR) is 109 cm³/mol. The standard InChI is InChI=1S/C18H26N2S.CH4S/c1-15(18-12-7-13-20(18)16(2)19-3)21-14-8-11-17-9-5-4-6-10-17;1-2/h4-6,9-10,18-19H,1-2,7-8,11-14H2,3H3;2H,1H3. The van der Waals surface area contributed by atoms with Gasteiger partial charge < -0.3 is 10.2 Å². The second-order valence-corrected chi connectivity index (χ2v) is 6.67. The molecule has 1 N–H and O–H groups in total. The van der Waals surface area contributed by atoms with Gasteiger partial charge in [0.1, 0.15) is 0 Å². The average molecular weight is 351 g/mol. The molecule has 0 bridgehead atoms. The minimum absolute atomic E-state index is 0.451. The molecular weight excluding hydrogens is 320 g/mol. The minimum Gasteiger partial charge on any atom is -0.375 e. The first-order chi connectivity index (χ1) is 11.2. The van der Waals surface area contributed by atoms with Crippen LogP contribution in [0.25, 0.3) is 0 Å². The van der Waals surface area contributed by atoms with Gasteiger partial charge in [-0.3, -0.25) is 0 Å². The molecule has 1 heterocycles. The zero-order chi connectivity index (χ0) is 17.1. The van der Waals surface area contributed by atoms with Gasteiger partial charge in [-0.05, 0) is 43.3 Å². The van der Waals surface area contributed by atoms with Gasteiger partial charge in [-0.25, -0.2) is 0 Å². The summed E-state index contributed by atoms with van der Waals surface area (Å²) in [5, 5.41) is 3.16. The van der Waals surface area contributed by atoms with Crippen molar-refractivity contribution in [3.05, 3.63) is 59.8 Å². The maximum Gasteiger partial charge on any atom is 0.0941 e. The van der Waals surface area contributed by atoms with E-state index in [1.165, 1.54) is 29.7 Å². The lowest BCUT2D eigenvalue weighted by atomic mass is 10.1. The highest BCUT2D eigenvalue weighted by Gasteiger charge is 2.27. The minimum atomic E-state index is 0.451. The SMILES string of the molecule is C=C(SCCCc1ccccc1)C1CCCN1C(=C)NC.CS. The van der Waals surface area contributed by atoms with Crippen LogP contribution >= 0.6 is 24.4 Å². The normalized spacial score (nSPS) is 16.5. The summed E-state index contributed by atoms with van der Waals surface area (Å²) in [5.41, 5.74) is 1.43. The van der Waals surface area contributed by atoms with Gasteiger partial charge in [-0.1, -0.05) is 43.5 Å². The van der Waals surface area contributed by atoms with Crippen LogP contribution in [0.2, 0.25) is 0 Å². The zero-order valence-electron chi connectivity index (χ0n) is 14.4. The van der Waals surface area contributed by atoms with E-state index in [1.807, 2.05) is 18.8 Å². The second-order valence-electron chi connectivity index (χ2n) is 5.45. The van der Waals surface area contributed by atoms with E-state index in [0.29, 0.717) is 6.04 Å². The Bertz CT molecular complexity index is 474. The van der Waals surface area contributed by atoms with E-state index in [0.717, 1.165) is 24.5 Å². The third kappa shape index (κ3) is 6.56. The molecule has 1 atom stereocenters. The van der Waals surface area contributed by atoms with E-state index in [2.05, 4.69) is 66.3 Å². The van der Waals surface area contributed by atoms with E-state index in [9.17, 15) is 0 Å². The monoisotopic (exact) mass is 350 g/mol. The van der Waals surface area contributed by atoms with Crippen LogP contribution in [-0.2, 0) is 6.42 Å². The van der Waals surface area contributed by atoms with Crippen molar-refractivity contribution in [2.24, 2.45) is 0 Å². The first-order valence-corrected chi connectivity index (χ1v) is 10.0. The molecule has 0 amide bonds. The Morgan fingerprint density at radius 3 is 2.65 bits per heavy atom. The number of nitrogens with zero attached hydrogens (tertiary/aromatic N) is 1. The number of thiol groups is 1. The van der Waals surface area contributed by atoms with Crippen molar-refractivity contribution in [1.29, 1.82) is 0 Å². The molecule has 0 radical (unpaired) electrons. The van der Waals surface area contributed by atoms with E-state index >= 15 is 0 Å². The molecule has 1 aliphatic heterocycles. The number of benzene rings is 1. The first kappa shape index (κ1) is 20.0. The number of nitrogens with one attached hydrogen (secondary N) is 1. The molecule has 2 rings (SSSR count). The van der Waals surface area contributed by atoms with Crippen molar-refractivity contribution in [3.63, 3.8) is 0 Å². The predicted octanol–water partition coefficient (Wildman–Crippen LogP) is 4.57. The van der Waals surface area contributed by atoms with Crippen LogP contribution in [0.15, 0.2) is 54.2 Å². The van der Waals surface area contributed by atoms with Gasteiger partial charge in [-0.15, -0.1) is 11.8 Å². The Balaban J connectivity index is 0.00000127. The Kier molecular flexibility index (Phi) is 10.0. The van der Waals surface area contributed by atoms with Crippen LogP contribution in [0.1, 0.15) is 24.8 Å². The number of hydrogen-bond donors (Lipinski definition) is 2. The Morgan fingerprint density at radius 2 is 2.00 bits per heavy atom. The fourth-order valence-electron chi connectivity index (χ4n) is 2.79. The topological polar surface area (TPSA) is 15.3 Å². The zero-order valence-corrected chi connectivity index (χ0v) is 16.1. The molecule has 1 fully saturated rings. The molecule has 0 saturated carbocycles.